The summed E-state index contributed by atoms with van der Waals surface area (Å²) in [6.07, 6.45) is 3.00. The second-order valence-electron chi connectivity index (χ2n) is 5.17. The predicted octanol–water partition coefficient (Wildman–Crippen LogP) is 3.52. The number of rotatable bonds is 6. The van der Waals surface area contributed by atoms with Crippen molar-refractivity contribution in [3.63, 3.8) is 0 Å². The van der Waals surface area contributed by atoms with Gasteiger partial charge in [0.15, 0.2) is 4.73 Å². The normalized spacial score (nSPS) is 12.1. The first kappa shape index (κ1) is 13.9. The van der Waals surface area contributed by atoms with Crippen LogP contribution in [0.5, 0.6) is 0 Å². The molecule has 1 rings (SSSR count). The summed E-state index contributed by atoms with van der Waals surface area (Å²) in [5.74, 6) is 0. The molecule has 5 heteroatoms. The highest BCUT2D eigenvalue weighted by molar-refractivity contribution is 9.10. The topological polar surface area (TPSA) is 27.1 Å². The predicted molar refractivity (Wildman–Crippen MR) is 73.4 cm³/mol. The SMILES string of the molecule is CCc1cn(COCC[Si](C)(C)C)c(Br)n1. The van der Waals surface area contributed by atoms with Crippen LogP contribution in [0.3, 0.4) is 0 Å². The van der Waals surface area contributed by atoms with Crippen LogP contribution in [0.2, 0.25) is 25.7 Å². The highest BCUT2D eigenvalue weighted by atomic mass is 79.9. The monoisotopic (exact) mass is 304 g/mol. The summed E-state index contributed by atoms with van der Waals surface area (Å²) in [5, 5.41) is 0. The molecule has 0 saturated carbocycles. The summed E-state index contributed by atoms with van der Waals surface area (Å²) >= 11 is 3.43. The number of nitrogens with zero attached hydrogens (tertiary/aromatic N) is 2. The molecular formula is C11H21BrN2OSi. The second-order valence-corrected chi connectivity index (χ2v) is 11.5. The molecule has 0 radical (unpaired) electrons. The van der Waals surface area contributed by atoms with E-state index in [1.165, 1.54) is 6.04 Å². The summed E-state index contributed by atoms with van der Waals surface area (Å²) in [4.78, 5) is 4.36. The molecule has 0 amide bonds. The molecule has 1 aromatic heterocycles. The first-order valence-electron chi connectivity index (χ1n) is 5.71. The van der Waals surface area contributed by atoms with E-state index < -0.39 is 8.07 Å². The Labute approximate surface area is 107 Å². The molecule has 0 bridgehead atoms. The lowest BCUT2D eigenvalue weighted by Crippen LogP contribution is -2.22. The third kappa shape index (κ3) is 4.80. The Bertz CT molecular complexity index is 333. The van der Waals surface area contributed by atoms with Crippen molar-refractivity contribution in [1.82, 2.24) is 9.55 Å². The van der Waals surface area contributed by atoms with Gasteiger partial charge in [0, 0.05) is 20.9 Å². The maximum absolute atomic E-state index is 5.66. The molecule has 92 valence electrons. The highest BCUT2D eigenvalue weighted by Gasteiger charge is 2.12. The Balaban J connectivity index is 2.34. The zero-order chi connectivity index (χ0) is 12.2. The Morgan fingerprint density at radius 2 is 2.12 bits per heavy atom. The third-order valence-electron chi connectivity index (χ3n) is 2.37. The molecule has 0 fully saturated rings. The molecule has 0 atom stereocenters. The minimum absolute atomic E-state index is 0.595. The average Bonchev–Trinajstić information content (AvgIpc) is 2.53. The lowest BCUT2D eigenvalue weighted by molar-refractivity contribution is 0.0856. The number of aryl methyl sites for hydroxylation is 1. The maximum atomic E-state index is 5.66. The van der Waals surface area contributed by atoms with Gasteiger partial charge in [-0.1, -0.05) is 26.6 Å². The fraction of sp³-hybridized carbons (Fsp3) is 0.727. The maximum Gasteiger partial charge on any atom is 0.179 e. The van der Waals surface area contributed by atoms with E-state index in [0.717, 1.165) is 23.5 Å². The van der Waals surface area contributed by atoms with Gasteiger partial charge in [0.1, 0.15) is 6.73 Å². The summed E-state index contributed by atoms with van der Waals surface area (Å²) in [5.41, 5.74) is 1.10. The Hall–Kier alpha value is -0.133. The Kier molecular flexibility index (Phi) is 5.21. The molecule has 0 aromatic carbocycles. The summed E-state index contributed by atoms with van der Waals surface area (Å²) in [6.45, 7) is 10.6. The largest absolute Gasteiger partial charge is 0.361 e. The minimum atomic E-state index is -0.972. The van der Waals surface area contributed by atoms with Crippen LogP contribution < -0.4 is 0 Å². The van der Waals surface area contributed by atoms with Gasteiger partial charge in [0.2, 0.25) is 0 Å². The van der Waals surface area contributed by atoms with Gasteiger partial charge in [-0.15, -0.1) is 0 Å². The number of ether oxygens (including phenoxy) is 1. The van der Waals surface area contributed by atoms with Crippen LogP contribution in [0.4, 0.5) is 0 Å². The van der Waals surface area contributed by atoms with Crippen molar-refractivity contribution in [2.24, 2.45) is 0 Å². The quantitative estimate of drug-likeness (QED) is 0.594. The molecule has 0 N–H and O–H groups in total. The molecule has 0 spiro atoms. The van der Waals surface area contributed by atoms with E-state index in [4.69, 9.17) is 4.74 Å². The lowest BCUT2D eigenvalue weighted by atomic mass is 10.4. The van der Waals surface area contributed by atoms with Crippen LogP contribution in [-0.4, -0.2) is 24.2 Å². The summed E-state index contributed by atoms with van der Waals surface area (Å²) in [6, 6.07) is 1.21. The lowest BCUT2D eigenvalue weighted by Gasteiger charge is -2.15. The molecule has 3 nitrogen and oxygen atoms in total. The van der Waals surface area contributed by atoms with Crippen molar-refractivity contribution in [2.45, 2.75) is 45.8 Å². The van der Waals surface area contributed by atoms with E-state index in [1.54, 1.807) is 0 Å². The number of hydrogen-bond acceptors (Lipinski definition) is 2. The zero-order valence-electron chi connectivity index (χ0n) is 10.6. The van der Waals surface area contributed by atoms with Crippen molar-refractivity contribution < 1.29 is 4.74 Å². The Morgan fingerprint density at radius 1 is 1.44 bits per heavy atom. The molecule has 0 saturated heterocycles. The fourth-order valence-electron chi connectivity index (χ4n) is 1.25. The van der Waals surface area contributed by atoms with Gasteiger partial charge in [-0.05, 0) is 28.4 Å². The van der Waals surface area contributed by atoms with Gasteiger partial charge >= 0.3 is 0 Å². The summed E-state index contributed by atoms with van der Waals surface area (Å²) < 4.78 is 8.52. The summed E-state index contributed by atoms with van der Waals surface area (Å²) in [7, 11) is -0.972. The van der Waals surface area contributed by atoms with Crippen molar-refractivity contribution in [3.8, 4) is 0 Å². The molecule has 0 aliphatic carbocycles. The van der Waals surface area contributed by atoms with Crippen LogP contribution in [0, 0.1) is 0 Å². The fourth-order valence-corrected chi connectivity index (χ4v) is 2.44. The molecule has 0 aliphatic heterocycles. The number of imidazole rings is 1. The van der Waals surface area contributed by atoms with E-state index in [2.05, 4.69) is 47.5 Å². The van der Waals surface area contributed by atoms with Crippen LogP contribution in [0.1, 0.15) is 12.6 Å². The first-order chi connectivity index (χ1) is 7.42. The van der Waals surface area contributed by atoms with Crippen LogP contribution in [0.15, 0.2) is 10.9 Å². The minimum Gasteiger partial charge on any atom is -0.361 e. The van der Waals surface area contributed by atoms with E-state index >= 15 is 0 Å². The first-order valence-corrected chi connectivity index (χ1v) is 10.2. The third-order valence-corrected chi connectivity index (χ3v) is 4.70. The van der Waals surface area contributed by atoms with E-state index in [9.17, 15) is 0 Å². The number of halogens is 1. The van der Waals surface area contributed by atoms with Gasteiger partial charge < -0.3 is 9.30 Å². The average molecular weight is 305 g/mol. The molecule has 0 unspecified atom stereocenters. The molecule has 0 aliphatic rings. The van der Waals surface area contributed by atoms with Crippen molar-refractivity contribution in [2.75, 3.05) is 6.61 Å². The van der Waals surface area contributed by atoms with Gasteiger partial charge in [0.05, 0.1) is 5.69 Å². The smallest absolute Gasteiger partial charge is 0.179 e. The van der Waals surface area contributed by atoms with Crippen LogP contribution in [-0.2, 0) is 17.9 Å². The molecular weight excluding hydrogens is 284 g/mol. The Morgan fingerprint density at radius 3 is 2.62 bits per heavy atom. The van der Waals surface area contributed by atoms with E-state index in [1.807, 2.05) is 10.8 Å². The number of aromatic nitrogens is 2. The van der Waals surface area contributed by atoms with Gasteiger partial charge in [-0.3, -0.25) is 0 Å². The van der Waals surface area contributed by atoms with Gasteiger partial charge in [-0.25, -0.2) is 4.98 Å². The molecule has 16 heavy (non-hydrogen) atoms. The standard InChI is InChI=1S/C11H21BrN2OSi/c1-5-10-8-14(11(12)13-10)9-15-6-7-16(2,3)4/h8H,5-7,9H2,1-4H3. The molecule has 1 heterocycles. The van der Waals surface area contributed by atoms with Crippen LogP contribution in [0.25, 0.3) is 0 Å². The highest BCUT2D eigenvalue weighted by Crippen LogP contribution is 2.12. The van der Waals surface area contributed by atoms with Crippen molar-refractivity contribution in [3.05, 3.63) is 16.6 Å². The zero-order valence-corrected chi connectivity index (χ0v) is 13.2. The van der Waals surface area contributed by atoms with Gasteiger partial charge in [0.25, 0.3) is 0 Å². The molecule has 1 aromatic rings. The van der Waals surface area contributed by atoms with Gasteiger partial charge in [-0.2, -0.15) is 0 Å². The van der Waals surface area contributed by atoms with Crippen LogP contribution >= 0.6 is 15.9 Å². The van der Waals surface area contributed by atoms with E-state index in [0.29, 0.717) is 6.73 Å². The van der Waals surface area contributed by atoms with Crippen molar-refractivity contribution in [1.29, 1.82) is 0 Å². The van der Waals surface area contributed by atoms with E-state index in [-0.39, 0.29) is 0 Å². The second kappa shape index (κ2) is 5.98. The van der Waals surface area contributed by atoms with Crippen molar-refractivity contribution >= 4 is 24.0 Å². The number of hydrogen-bond donors (Lipinski definition) is 0.